The molecule has 3 N–H and O–H groups in total. The zero-order chi connectivity index (χ0) is 19.4. The first-order valence-corrected chi connectivity index (χ1v) is 8.65. The van der Waals surface area contributed by atoms with E-state index in [-0.39, 0.29) is 24.0 Å². The van der Waals surface area contributed by atoms with E-state index in [1.165, 1.54) is 25.3 Å². The van der Waals surface area contributed by atoms with Crippen LogP contribution in [0.3, 0.4) is 0 Å². The molecule has 1 amide bonds. The lowest BCUT2D eigenvalue weighted by atomic mass is 9.97. The molecular weight excluding hydrogens is 350 g/mol. The molecule has 27 heavy (non-hydrogen) atoms. The zero-order valence-electron chi connectivity index (χ0n) is 14.9. The highest BCUT2D eigenvalue weighted by Gasteiger charge is 2.24. The number of nitrogens with one attached hydrogen (secondary N) is 2. The first-order chi connectivity index (χ1) is 13.0. The predicted molar refractivity (Wildman–Crippen MR) is 98.9 cm³/mol. The normalized spacial score (nSPS) is 16.1. The lowest BCUT2D eigenvalue weighted by molar-refractivity contribution is -0.384. The third-order valence-corrected chi connectivity index (χ3v) is 4.62. The van der Waals surface area contributed by atoms with Gasteiger partial charge < -0.3 is 20.5 Å². The second-order valence-corrected chi connectivity index (χ2v) is 6.37. The highest BCUT2D eigenvalue weighted by Crippen LogP contribution is 2.29. The number of phenols is 1. The fraction of sp³-hybridized carbons (Fsp3) is 0.316. The van der Waals surface area contributed by atoms with Crippen LogP contribution in [0.1, 0.15) is 40.4 Å². The Labute approximate surface area is 156 Å². The molecule has 0 radical (unpaired) electrons. The number of phenolic OH excluding ortho intramolecular Hbond substituents is 1. The SMILES string of the molecule is COc1ccc(CNC(=O)c2cc([N+](=O)[O-])ccc2C2CCCN2)cc1O. The number of amides is 1. The fourth-order valence-corrected chi connectivity index (χ4v) is 3.23. The standard InChI is InChI=1S/C19H21N3O5/c1-27-18-7-4-12(9-17(18)23)11-21-19(24)15-10-13(22(25)26)5-6-14(15)16-3-2-8-20-16/h4-7,9-10,16,20,23H,2-3,8,11H2,1H3,(H,21,24). The summed E-state index contributed by atoms with van der Waals surface area (Å²) in [5.74, 6) is -0.0634. The van der Waals surface area contributed by atoms with Gasteiger partial charge in [-0.15, -0.1) is 0 Å². The number of rotatable bonds is 6. The van der Waals surface area contributed by atoms with Crippen molar-refractivity contribution in [3.63, 3.8) is 0 Å². The number of nitro groups is 1. The Morgan fingerprint density at radius 1 is 1.37 bits per heavy atom. The van der Waals surface area contributed by atoms with Gasteiger partial charge in [0.05, 0.1) is 17.6 Å². The van der Waals surface area contributed by atoms with Gasteiger partial charge in [0.25, 0.3) is 11.6 Å². The number of nitrogens with zero attached hydrogens (tertiary/aromatic N) is 1. The summed E-state index contributed by atoms with van der Waals surface area (Å²) in [6, 6.07) is 9.24. The number of nitro benzene ring substituents is 1. The van der Waals surface area contributed by atoms with E-state index in [9.17, 15) is 20.0 Å². The number of hydrogen-bond donors (Lipinski definition) is 3. The summed E-state index contributed by atoms with van der Waals surface area (Å²) in [5, 5.41) is 27.0. The van der Waals surface area contributed by atoms with Crippen LogP contribution in [0.25, 0.3) is 0 Å². The molecule has 1 unspecified atom stereocenters. The van der Waals surface area contributed by atoms with Crippen LogP contribution in [-0.4, -0.2) is 29.6 Å². The van der Waals surface area contributed by atoms with E-state index in [4.69, 9.17) is 4.74 Å². The molecule has 0 aliphatic carbocycles. The molecule has 0 bridgehead atoms. The van der Waals surface area contributed by atoms with E-state index in [0.717, 1.165) is 24.9 Å². The van der Waals surface area contributed by atoms with Gasteiger partial charge in [-0.25, -0.2) is 0 Å². The molecule has 2 aromatic carbocycles. The largest absolute Gasteiger partial charge is 0.504 e. The van der Waals surface area contributed by atoms with Crippen LogP contribution in [0.2, 0.25) is 0 Å². The van der Waals surface area contributed by atoms with Gasteiger partial charge >= 0.3 is 0 Å². The van der Waals surface area contributed by atoms with E-state index in [2.05, 4.69) is 10.6 Å². The smallest absolute Gasteiger partial charge is 0.270 e. The van der Waals surface area contributed by atoms with Crippen molar-refractivity contribution in [3.05, 3.63) is 63.2 Å². The molecular formula is C19H21N3O5. The third kappa shape index (κ3) is 4.17. The number of hydrogen-bond acceptors (Lipinski definition) is 6. The first-order valence-electron chi connectivity index (χ1n) is 8.65. The van der Waals surface area contributed by atoms with Gasteiger partial charge in [-0.3, -0.25) is 14.9 Å². The van der Waals surface area contributed by atoms with Gasteiger partial charge in [0.2, 0.25) is 0 Å². The van der Waals surface area contributed by atoms with E-state index in [1.54, 1.807) is 18.2 Å². The average molecular weight is 371 g/mol. The van der Waals surface area contributed by atoms with Crippen molar-refractivity contribution >= 4 is 11.6 Å². The van der Waals surface area contributed by atoms with Crippen molar-refractivity contribution in [3.8, 4) is 11.5 Å². The van der Waals surface area contributed by atoms with Crippen molar-refractivity contribution in [1.29, 1.82) is 0 Å². The number of aromatic hydroxyl groups is 1. The minimum atomic E-state index is -0.510. The summed E-state index contributed by atoms with van der Waals surface area (Å²) in [7, 11) is 1.46. The van der Waals surface area contributed by atoms with E-state index < -0.39 is 10.8 Å². The van der Waals surface area contributed by atoms with Gasteiger partial charge in [0.1, 0.15) is 0 Å². The molecule has 1 atom stereocenters. The minimum absolute atomic E-state index is 0.0107. The molecule has 1 aliphatic heterocycles. The Bertz CT molecular complexity index is 862. The van der Waals surface area contributed by atoms with Crippen LogP contribution in [0.5, 0.6) is 11.5 Å². The molecule has 142 valence electrons. The molecule has 8 heteroatoms. The lowest BCUT2D eigenvalue weighted by Crippen LogP contribution is -2.26. The minimum Gasteiger partial charge on any atom is -0.504 e. The third-order valence-electron chi connectivity index (χ3n) is 4.62. The molecule has 2 aromatic rings. The molecule has 1 heterocycles. The maximum absolute atomic E-state index is 12.7. The molecule has 0 spiro atoms. The summed E-state index contributed by atoms with van der Waals surface area (Å²) >= 11 is 0. The fourth-order valence-electron chi connectivity index (χ4n) is 3.23. The number of carbonyl (C=O) groups is 1. The van der Waals surface area contributed by atoms with Gasteiger partial charge in [-0.1, -0.05) is 6.07 Å². The summed E-state index contributed by atoms with van der Waals surface area (Å²) in [6.07, 6.45) is 1.87. The van der Waals surface area contributed by atoms with Crippen LogP contribution >= 0.6 is 0 Å². The van der Waals surface area contributed by atoms with Gasteiger partial charge in [0.15, 0.2) is 11.5 Å². The predicted octanol–water partition coefficient (Wildman–Crippen LogP) is 2.66. The number of carbonyl (C=O) groups excluding carboxylic acids is 1. The number of benzene rings is 2. The van der Waals surface area contributed by atoms with Crippen LogP contribution in [0, 0.1) is 10.1 Å². The zero-order valence-corrected chi connectivity index (χ0v) is 14.9. The second kappa shape index (κ2) is 8.05. The van der Waals surface area contributed by atoms with E-state index in [0.29, 0.717) is 16.9 Å². The van der Waals surface area contributed by atoms with Gasteiger partial charge in [-0.05, 0) is 48.7 Å². The monoisotopic (exact) mass is 371 g/mol. The first kappa shape index (κ1) is 18.7. The Kier molecular flexibility index (Phi) is 5.56. The van der Waals surface area contributed by atoms with Crippen molar-refractivity contribution in [2.24, 2.45) is 0 Å². The van der Waals surface area contributed by atoms with Crippen molar-refractivity contribution in [2.75, 3.05) is 13.7 Å². The van der Waals surface area contributed by atoms with E-state index in [1.807, 2.05) is 0 Å². The molecule has 8 nitrogen and oxygen atoms in total. The Hall–Kier alpha value is -3.13. The highest BCUT2D eigenvalue weighted by molar-refractivity contribution is 5.96. The number of non-ortho nitro benzene ring substituents is 1. The summed E-state index contributed by atoms with van der Waals surface area (Å²) in [4.78, 5) is 23.3. The van der Waals surface area contributed by atoms with Crippen LogP contribution in [-0.2, 0) is 6.54 Å². The molecule has 0 saturated carbocycles. The maximum atomic E-state index is 12.7. The average Bonchev–Trinajstić information content (AvgIpc) is 3.20. The quantitative estimate of drug-likeness (QED) is 0.531. The second-order valence-electron chi connectivity index (χ2n) is 6.37. The molecule has 0 aromatic heterocycles. The van der Waals surface area contributed by atoms with Crippen molar-refractivity contribution in [1.82, 2.24) is 10.6 Å². The summed E-state index contributed by atoms with van der Waals surface area (Å²) in [5.41, 5.74) is 1.62. The summed E-state index contributed by atoms with van der Waals surface area (Å²) < 4.78 is 5.00. The number of ether oxygens (including phenoxy) is 1. The number of methoxy groups -OCH3 is 1. The highest BCUT2D eigenvalue weighted by atomic mass is 16.6. The van der Waals surface area contributed by atoms with Crippen molar-refractivity contribution in [2.45, 2.75) is 25.4 Å². The Balaban J connectivity index is 1.81. The Morgan fingerprint density at radius 2 is 2.19 bits per heavy atom. The van der Waals surface area contributed by atoms with Crippen LogP contribution < -0.4 is 15.4 Å². The molecule has 1 saturated heterocycles. The van der Waals surface area contributed by atoms with E-state index >= 15 is 0 Å². The van der Waals surface area contributed by atoms with Gasteiger partial charge in [-0.2, -0.15) is 0 Å². The summed E-state index contributed by atoms with van der Waals surface area (Å²) in [6.45, 7) is 1.03. The van der Waals surface area contributed by atoms with Crippen LogP contribution in [0.15, 0.2) is 36.4 Å². The lowest BCUT2D eigenvalue weighted by Gasteiger charge is -2.16. The van der Waals surface area contributed by atoms with Gasteiger partial charge in [0, 0.05) is 24.7 Å². The molecule has 3 rings (SSSR count). The maximum Gasteiger partial charge on any atom is 0.270 e. The van der Waals surface area contributed by atoms with Crippen LogP contribution in [0.4, 0.5) is 5.69 Å². The molecule has 1 fully saturated rings. The van der Waals surface area contributed by atoms with Crippen molar-refractivity contribution < 1.29 is 19.6 Å². The Morgan fingerprint density at radius 3 is 2.81 bits per heavy atom. The topological polar surface area (TPSA) is 114 Å². The molecule has 1 aliphatic rings.